The standard InChI is InChI=1S/C13H15N3O3S2/c17-12(15-10-3-6-21(18,19)9-10)7-11-8-14-13(20-11)16-4-1-2-5-16/h1-2,4-5,8,10H,3,6-7,9H2,(H,15,17)/t10-/m0/s1. The Morgan fingerprint density at radius 1 is 1.43 bits per heavy atom. The maximum atomic E-state index is 11.9. The smallest absolute Gasteiger partial charge is 0.225 e. The quantitative estimate of drug-likeness (QED) is 0.901. The minimum absolute atomic E-state index is 0.0516. The van der Waals surface area contributed by atoms with Gasteiger partial charge < -0.3 is 9.88 Å². The number of hydrogen-bond acceptors (Lipinski definition) is 5. The summed E-state index contributed by atoms with van der Waals surface area (Å²) >= 11 is 1.45. The number of rotatable bonds is 4. The molecule has 0 spiro atoms. The fourth-order valence-corrected chi connectivity index (χ4v) is 4.86. The van der Waals surface area contributed by atoms with Crippen molar-refractivity contribution in [1.29, 1.82) is 0 Å². The molecule has 1 aliphatic rings. The maximum absolute atomic E-state index is 11.9. The first kappa shape index (κ1) is 14.3. The number of thiazole rings is 1. The number of carbonyl (C=O) groups excluding carboxylic acids is 1. The molecule has 3 rings (SSSR count). The van der Waals surface area contributed by atoms with Crippen LogP contribution in [0.1, 0.15) is 11.3 Å². The van der Waals surface area contributed by atoms with Crippen molar-refractivity contribution in [2.75, 3.05) is 11.5 Å². The minimum Gasteiger partial charge on any atom is -0.352 e. The second-order valence-corrected chi connectivity index (χ2v) is 8.37. The van der Waals surface area contributed by atoms with Crippen molar-refractivity contribution in [2.45, 2.75) is 18.9 Å². The summed E-state index contributed by atoms with van der Waals surface area (Å²) in [7, 11) is -2.97. The van der Waals surface area contributed by atoms with Crippen LogP contribution in [0, 0.1) is 0 Å². The molecule has 1 N–H and O–H groups in total. The largest absolute Gasteiger partial charge is 0.352 e. The Hall–Kier alpha value is -1.67. The lowest BCUT2D eigenvalue weighted by Gasteiger charge is -2.09. The van der Waals surface area contributed by atoms with Gasteiger partial charge in [-0.2, -0.15) is 0 Å². The predicted molar refractivity (Wildman–Crippen MR) is 80.3 cm³/mol. The van der Waals surface area contributed by atoms with Crippen molar-refractivity contribution in [3.05, 3.63) is 35.6 Å². The average Bonchev–Trinajstić information content (AvgIpc) is 3.09. The monoisotopic (exact) mass is 325 g/mol. The zero-order valence-electron chi connectivity index (χ0n) is 11.2. The zero-order valence-corrected chi connectivity index (χ0v) is 12.9. The van der Waals surface area contributed by atoms with Crippen LogP contribution < -0.4 is 5.32 Å². The Morgan fingerprint density at radius 3 is 2.86 bits per heavy atom. The van der Waals surface area contributed by atoms with Gasteiger partial charge in [-0.15, -0.1) is 11.3 Å². The Morgan fingerprint density at radius 2 is 2.19 bits per heavy atom. The molecule has 1 saturated heterocycles. The Balaban J connectivity index is 1.58. The molecule has 0 unspecified atom stereocenters. The lowest BCUT2D eigenvalue weighted by Crippen LogP contribution is -2.36. The molecule has 1 fully saturated rings. The van der Waals surface area contributed by atoms with Gasteiger partial charge in [-0.25, -0.2) is 13.4 Å². The van der Waals surface area contributed by atoms with E-state index in [1.54, 1.807) is 6.20 Å². The second kappa shape index (κ2) is 5.61. The van der Waals surface area contributed by atoms with E-state index in [2.05, 4.69) is 10.3 Å². The Labute approximate surface area is 126 Å². The molecule has 1 amide bonds. The molecule has 2 aromatic rings. The van der Waals surface area contributed by atoms with E-state index in [0.29, 0.717) is 6.42 Å². The van der Waals surface area contributed by atoms with Crippen molar-refractivity contribution in [3.63, 3.8) is 0 Å². The molecule has 0 aliphatic carbocycles. The molecular weight excluding hydrogens is 310 g/mol. The number of amides is 1. The first-order chi connectivity index (χ1) is 10.0. The molecule has 6 nitrogen and oxygen atoms in total. The van der Waals surface area contributed by atoms with Crippen LogP contribution in [0.2, 0.25) is 0 Å². The molecule has 112 valence electrons. The van der Waals surface area contributed by atoms with Gasteiger partial charge in [0.2, 0.25) is 5.91 Å². The first-order valence-electron chi connectivity index (χ1n) is 6.60. The lowest BCUT2D eigenvalue weighted by molar-refractivity contribution is -0.120. The van der Waals surface area contributed by atoms with Crippen LogP contribution in [0.3, 0.4) is 0 Å². The summed E-state index contributed by atoms with van der Waals surface area (Å²) in [6.07, 6.45) is 6.21. The van der Waals surface area contributed by atoms with Gasteiger partial charge in [0.1, 0.15) is 0 Å². The van der Waals surface area contributed by atoms with Crippen molar-refractivity contribution >= 4 is 27.1 Å². The van der Waals surface area contributed by atoms with Crippen LogP contribution in [-0.4, -0.2) is 41.4 Å². The Bertz CT molecular complexity index is 735. The van der Waals surface area contributed by atoms with Crippen molar-refractivity contribution in [1.82, 2.24) is 14.9 Å². The third-order valence-electron chi connectivity index (χ3n) is 3.30. The van der Waals surface area contributed by atoms with E-state index in [0.717, 1.165) is 10.0 Å². The minimum atomic E-state index is -2.97. The van der Waals surface area contributed by atoms with Crippen LogP contribution in [0.4, 0.5) is 0 Å². The number of nitrogens with one attached hydrogen (secondary N) is 1. The van der Waals surface area contributed by atoms with E-state index >= 15 is 0 Å². The van der Waals surface area contributed by atoms with Crippen molar-refractivity contribution < 1.29 is 13.2 Å². The third-order valence-corrected chi connectivity index (χ3v) is 6.08. The molecule has 2 aromatic heterocycles. The molecule has 0 radical (unpaired) electrons. The summed E-state index contributed by atoms with van der Waals surface area (Å²) in [6, 6.07) is 3.57. The first-order valence-corrected chi connectivity index (χ1v) is 9.23. The van der Waals surface area contributed by atoms with Crippen LogP contribution in [0.25, 0.3) is 5.13 Å². The van der Waals surface area contributed by atoms with E-state index in [-0.39, 0.29) is 29.9 Å². The summed E-state index contributed by atoms with van der Waals surface area (Å²) in [5.74, 6) is 0.0617. The Kier molecular flexibility index (Phi) is 3.81. The third kappa shape index (κ3) is 3.51. The summed E-state index contributed by atoms with van der Waals surface area (Å²) < 4.78 is 24.6. The van der Waals surface area contributed by atoms with E-state index < -0.39 is 9.84 Å². The highest BCUT2D eigenvalue weighted by Crippen LogP contribution is 2.18. The number of carbonyl (C=O) groups is 1. The van der Waals surface area contributed by atoms with Gasteiger partial charge in [-0.05, 0) is 18.6 Å². The van der Waals surface area contributed by atoms with Crippen LogP contribution in [-0.2, 0) is 21.1 Å². The van der Waals surface area contributed by atoms with E-state index in [1.807, 2.05) is 29.1 Å². The maximum Gasteiger partial charge on any atom is 0.225 e. The van der Waals surface area contributed by atoms with Crippen molar-refractivity contribution in [3.8, 4) is 5.13 Å². The van der Waals surface area contributed by atoms with Gasteiger partial charge in [0, 0.05) is 29.5 Å². The van der Waals surface area contributed by atoms with Crippen LogP contribution in [0.5, 0.6) is 0 Å². The predicted octanol–water partition coefficient (Wildman–Crippen LogP) is 0.780. The van der Waals surface area contributed by atoms with E-state index in [4.69, 9.17) is 0 Å². The van der Waals surface area contributed by atoms with Gasteiger partial charge in [0.25, 0.3) is 0 Å². The fourth-order valence-electron chi connectivity index (χ4n) is 2.31. The number of aromatic nitrogens is 2. The van der Waals surface area contributed by atoms with E-state index in [9.17, 15) is 13.2 Å². The molecule has 1 aliphatic heterocycles. The van der Waals surface area contributed by atoms with Gasteiger partial charge in [0.15, 0.2) is 15.0 Å². The number of nitrogens with zero attached hydrogens (tertiary/aromatic N) is 2. The van der Waals surface area contributed by atoms with Gasteiger partial charge in [0.05, 0.1) is 17.9 Å². The summed E-state index contributed by atoms with van der Waals surface area (Å²) in [6.45, 7) is 0. The van der Waals surface area contributed by atoms with Gasteiger partial charge in [-0.3, -0.25) is 4.79 Å². The summed E-state index contributed by atoms with van der Waals surface area (Å²) in [4.78, 5) is 17.1. The molecule has 8 heteroatoms. The molecule has 0 bridgehead atoms. The molecule has 0 saturated carbocycles. The molecular formula is C13H15N3O3S2. The topological polar surface area (TPSA) is 81.1 Å². The molecule has 1 atom stereocenters. The fraction of sp³-hybridized carbons (Fsp3) is 0.385. The van der Waals surface area contributed by atoms with Crippen LogP contribution in [0.15, 0.2) is 30.7 Å². The number of hydrogen-bond donors (Lipinski definition) is 1. The SMILES string of the molecule is O=C(Cc1cnc(-n2cccc2)s1)N[C@H]1CCS(=O)(=O)C1. The van der Waals surface area contributed by atoms with Gasteiger partial charge in [-0.1, -0.05) is 0 Å². The highest BCUT2D eigenvalue weighted by molar-refractivity contribution is 7.91. The second-order valence-electron chi connectivity index (χ2n) is 5.04. The average molecular weight is 325 g/mol. The normalized spacial score (nSPS) is 20.5. The molecule has 3 heterocycles. The van der Waals surface area contributed by atoms with E-state index in [1.165, 1.54) is 11.3 Å². The zero-order chi connectivity index (χ0) is 14.9. The molecule has 21 heavy (non-hydrogen) atoms. The number of sulfone groups is 1. The highest BCUT2D eigenvalue weighted by Gasteiger charge is 2.28. The summed E-state index contributed by atoms with van der Waals surface area (Å²) in [5.41, 5.74) is 0. The van der Waals surface area contributed by atoms with Crippen LogP contribution >= 0.6 is 11.3 Å². The lowest BCUT2D eigenvalue weighted by atomic mass is 10.2. The van der Waals surface area contributed by atoms with Crippen molar-refractivity contribution in [2.24, 2.45) is 0 Å². The summed E-state index contributed by atoms with van der Waals surface area (Å²) in [5, 5.41) is 3.59. The molecule has 0 aromatic carbocycles. The van der Waals surface area contributed by atoms with Gasteiger partial charge >= 0.3 is 0 Å². The highest BCUT2D eigenvalue weighted by atomic mass is 32.2.